The number of hydrogen-bond acceptors (Lipinski definition) is 4. The molecule has 1 aromatic carbocycles. The molecule has 2 heterocycles. The summed E-state index contributed by atoms with van der Waals surface area (Å²) in [5.74, 6) is -1.28. The number of piperidine rings is 2. The summed E-state index contributed by atoms with van der Waals surface area (Å²) in [5, 5.41) is 2.96. The minimum atomic E-state index is -0.373. The molecule has 0 aromatic heterocycles. The van der Waals surface area contributed by atoms with Crippen molar-refractivity contribution in [2.45, 2.75) is 58.8 Å². The molecule has 188 valence electrons. The average Bonchev–Trinajstić information content (AvgIpc) is 2.85. The zero-order chi connectivity index (χ0) is 24.7. The number of hydrogen-bond donors (Lipinski definition) is 1. The molecule has 0 aliphatic carbocycles. The Bertz CT molecular complexity index is 878. The van der Waals surface area contributed by atoms with E-state index in [1.807, 2.05) is 6.07 Å². The van der Waals surface area contributed by atoms with Crippen LogP contribution in [0.15, 0.2) is 18.2 Å². The number of halogens is 1. The number of carbonyl (C=O) groups is 3. The predicted octanol–water partition coefficient (Wildman–Crippen LogP) is 3.85. The Morgan fingerprint density at radius 1 is 1.12 bits per heavy atom. The third kappa shape index (κ3) is 6.48. The number of aryl methyl sites for hydroxylation is 1. The van der Waals surface area contributed by atoms with E-state index in [2.05, 4.69) is 12.2 Å². The van der Waals surface area contributed by atoms with E-state index in [-0.39, 0.29) is 41.5 Å². The molecule has 34 heavy (non-hydrogen) atoms. The van der Waals surface area contributed by atoms with E-state index in [1.54, 1.807) is 29.7 Å². The first kappa shape index (κ1) is 26.0. The van der Waals surface area contributed by atoms with E-state index in [1.165, 1.54) is 6.07 Å². The molecule has 2 aliphatic rings. The molecule has 7 nitrogen and oxygen atoms in total. The van der Waals surface area contributed by atoms with Gasteiger partial charge in [0.1, 0.15) is 5.82 Å². The Labute approximate surface area is 202 Å². The molecule has 2 aliphatic heterocycles. The number of nitrogens with one attached hydrogen (secondary N) is 1. The Morgan fingerprint density at radius 2 is 1.88 bits per heavy atom. The van der Waals surface area contributed by atoms with Gasteiger partial charge in [-0.2, -0.15) is 0 Å². The maximum atomic E-state index is 13.9. The van der Waals surface area contributed by atoms with Crippen LogP contribution in [0.25, 0.3) is 0 Å². The molecule has 0 saturated carbocycles. The molecule has 0 bridgehead atoms. The average molecular weight is 476 g/mol. The first-order chi connectivity index (χ1) is 16.3. The molecule has 1 aromatic rings. The first-order valence-corrected chi connectivity index (χ1v) is 12.6. The fraction of sp³-hybridized carbons (Fsp3) is 0.654. The topological polar surface area (TPSA) is 79.0 Å². The Hall–Kier alpha value is -2.64. The summed E-state index contributed by atoms with van der Waals surface area (Å²) in [6, 6.07) is 4.86. The van der Waals surface area contributed by atoms with Gasteiger partial charge in [0, 0.05) is 38.6 Å². The number of likely N-dealkylation sites (tertiary alicyclic amines) is 2. The molecule has 2 fully saturated rings. The van der Waals surface area contributed by atoms with Crippen molar-refractivity contribution in [2.75, 3.05) is 39.3 Å². The number of carbonyl (C=O) groups excluding carboxylic acids is 3. The summed E-state index contributed by atoms with van der Waals surface area (Å²) in [5.41, 5.74) is 1.49. The molecule has 1 N–H and O–H groups in total. The third-order valence-electron chi connectivity index (χ3n) is 6.90. The van der Waals surface area contributed by atoms with Gasteiger partial charge >= 0.3 is 12.0 Å². The van der Waals surface area contributed by atoms with Crippen LogP contribution in [0.4, 0.5) is 9.18 Å². The van der Waals surface area contributed by atoms with Gasteiger partial charge in [0.05, 0.1) is 18.4 Å². The molecule has 2 saturated heterocycles. The van der Waals surface area contributed by atoms with Crippen LogP contribution in [-0.2, 0) is 14.3 Å². The number of esters is 1. The molecule has 3 amide bonds. The monoisotopic (exact) mass is 475 g/mol. The summed E-state index contributed by atoms with van der Waals surface area (Å²) >= 11 is 0. The van der Waals surface area contributed by atoms with Crippen LogP contribution in [0, 0.1) is 24.6 Å². The summed E-state index contributed by atoms with van der Waals surface area (Å²) < 4.78 is 19.1. The van der Waals surface area contributed by atoms with Crippen molar-refractivity contribution in [1.29, 1.82) is 0 Å². The standard InChI is InChI=1S/C26H38FN3O4/c1-4-6-11-28-26(33)30-16-21(19-9-10-23(27)18(3)13-19)14-22(17-30)24(31)29-12-7-8-20(15-29)25(32)34-5-2/h9-10,13,20-22H,4-8,11-12,14-17H2,1-3H3,(H,28,33)/t20-,21-,22+/m0/s1. The second-order valence-electron chi connectivity index (χ2n) is 9.50. The van der Waals surface area contributed by atoms with Crippen molar-refractivity contribution >= 4 is 17.9 Å². The van der Waals surface area contributed by atoms with Crippen LogP contribution >= 0.6 is 0 Å². The lowest BCUT2D eigenvalue weighted by Gasteiger charge is -2.40. The van der Waals surface area contributed by atoms with E-state index in [9.17, 15) is 18.8 Å². The first-order valence-electron chi connectivity index (χ1n) is 12.6. The highest BCUT2D eigenvalue weighted by atomic mass is 19.1. The van der Waals surface area contributed by atoms with E-state index in [0.29, 0.717) is 51.3 Å². The largest absolute Gasteiger partial charge is 0.466 e. The number of nitrogens with zero attached hydrogens (tertiary/aromatic N) is 2. The van der Waals surface area contributed by atoms with Crippen LogP contribution in [0.2, 0.25) is 0 Å². The van der Waals surface area contributed by atoms with E-state index >= 15 is 0 Å². The van der Waals surface area contributed by atoms with Gasteiger partial charge in [-0.15, -0.1) is 0 Å². The van der Waals surface area contributed by atoms with Crippen LogP contribution in [0.3, 0.4) is 0 Å². The maximum absolute atomic E-state index is 13.9. The molecule has 0 unspecified atom stereocenters. The number of urea groups is 1. The van der Waals surface area contributed by atoms with Crippen molar-refractivity contribution < 1.29 is 23.5 Å². The molecular weight excluding hydrogens is 437 g/mol. The fourth-order valence-electron chi connectivity index (χ4n) is 4.98. The van der Waals surface area contributed by atoms with Gasteiger partial charge < -0.3 is 19.9 Å². The smallest absolute Gasteiger partial charge is 0.317 e. The maximum Gasteiger partial charge on any atom is 0.317 e. The fourth-order valence-corrected chi connectivity index (χ4v) is 4.98. The number of unbranched alkanes of at least 4 members (excludes halogenated alkanes) is 1. The lowest BCUT2D eigenvalue weighted by molar-refractivity contribution is -0.152. The van der Waals surface area contributed by atoms with Crippen molar-refractivity contribution in [3.63, 3.8) is 0 Å². The predicted molar refractivity (Wildman–Crippen MR) is 128 cm³/mol. The van der Waals surface area contributed by atoms with Gasteiger partial charge in [0.2, 0.25) is 5.91 Å². The number of amides is 3. The van der Waals surface area contributed by atoms with Crippen molar-refractivity contribution in [1.82, 2.24) is 15.1 Å². The second kappa shape index (κ2) is 12.2. The molecule has 3 rings (SSSR count). The Kier molecular flexibility index (Phi) is 9.30. The van der Waals surface area contributed by atoms with Crippen LogP contribution < -0.4 is 5.32 Å². The molecule has 8 heteroatoms. The number of rotatable bonds is 7. The van der Waals surface area contributed by atoms with Gasteiger partial charge in [0.15, 0.2) is 0 Å². The van der Waals surface area contributed by atoms with E-state index in [4.69, 9.17) is 4.74 Å². The Balaban J connectivity index is 1.77. The van der Waals surface area contributed by atoms with Crippen LogP contribution in [0.5, 0.6) is 0 Å². The molecule has 3 atom stereocenters. The lowest BCUT2D eigenvalue weighted by Crippen LogP contribution is -2.53. The van der Waals surface area contributed by atoms with Gasteiger partial charge in [-0.1, -0.05) is 25.5 Å². The molecule has 0 radical (unpaired) electrons. The highest BCUT2D eigenvalue weighted by Gasteiger charge is 2.38. The summed E-state index contributed by atoms with van der Waals surface area (Å²) in [7, 11) is 0. The van der Waals surface area contributed by atoms with Crippen molar-refractivity contribution in [3.8, 4) is 0 Å². The minimum Gasteiger partial charge on any atom is -0.466 e. The van der Waals surface area contributed by atoms with E-state index in [0.717, 1.165) is 31.2 Å². The third-order valence-corrected chi connectivity index (χ3v) is 6.90. The highest BCUT2D eigenvalue weighted by molar-refractivity contribution is 5.82. The SMILES string of the molecule is CCCCNC(=O)N1C[C@H](C(=O)N2CCC[C@H](C(=O)OCC)C2)C[C@H](c2ccc(F)c(C)c2)C1. The quantitative estimate of drug-likeness (QED) is 0.480. The lowest BCUT2D eigenvalue weighted by atomic mass is 9.83. The zero-order valence-electron chi connectivity index (χ0n) is 20.6. The zero-order valence-corrected chi connectivity index (χ0v) is 20.6. The van der Waals surface area contributed by atoms with Crippen LogP contribution in [0.1, 0.15) is 63.0 Å². The van der Waals surface area contributed by atoms with Gasteiger partial charge in [-0.05, 0) is 56.7 Å². The van der Waals surface area contributed by atoms with Crippen molar-refractivity contribution in [3.05, 3.63) is 35.1 Å². The minimum absolute atomic E-state index is 0.0242. The normalized spacial score (nSPS) is 22.9. The van der Waals surface area contributed by atoms with Gasteiger partial charge in [-0.25, -0.2) is 9.18 Å². The number of benzene rings is 1. The second-order valence-corrected chi connectivity index (χ2v) is 9.50. The summed E-state index contributed by atoms with van der Waals surface area (Å²) in [6.07, 6.45) is 3.94. The van der Waals surface area contributed by atoms with E-state index < -0.39 is 0 Å². The molecular formula is C26H38FN3O4. The van der Waals surface area contributed by atoms with Crippen LogP contribution in [-0.4, -0.2) is 67.0 Å². The summed E-state index contributed by atoms with van der Waals surface area (Å²) in [6.45, 7) is 8.28. The summed E-state index contributed by atoms with van der Waals surface area (Å²) in [4.78, 5) is 42.2. The van der Waals surface area contributed by atoms with Crippen molar-refractivity contribution in [2.24, 2.45) is 11.8 Å². The molecule has 0 spiro atoms. The Morgan fingerprint density at radius 3 is 2.59 bits per heavy atom. The number of ether oxygens (including phenoxy) is 1. The van der Waals surface area contributed by atoms with Gasteiger partial charge in [-0.3, -0.25) is 9.59 Å². The highest BCUT2D eigenvalue weighted by Crippen LogP contribution is 2.33. The van der Waals surface area contributed by atoms with Gasteiger partial charge in [0.25, 0.3) is 0 Å².